The Labute approximate surface area is 195 Å². The number of rotatable bonds is 5. The SMILES string of the molecule is CC(=O)Nc1ccc(NC(=O)C2CCN(S(=O)(=O)c3ccc4c(c3)sc(=O)n4C)CC2)cc1. The van der Waals surface area contributed by atoms with Crippen LogP contribution in [0.4, 0.5) is 11.4 Å². The number of sulfonamides is 1. The lowest BCUT2D eigenvalue weighted by Gasteiger charge is -2.30. The average Bonchev–Trinajstić information content (AvgIpc) is 3.07. The van der Waals surface area contributed by atoms with E-state index in [-0.39, 0.29) is 40.6 Å². The van der Waals surface area contributed by atoms with Gasteiger partial charge in [-0.2, -0.15) is 4.31 Å². The van der Waals surface area contributed by atoms with Crippen molar-refractivity contribution in [2.75, 3.05) is 23.7 Å². The van der Waals surface area contributed by atoms with Crippen LogP contribution in [0.3, 0.4) is 0 Å². The van der Waals surface area contributed by atoms with E-state index in [9.17, 15) is 22.8 Å². The molecule has 1 fully saturated rings. The van der Waals surface area contributed by atoms with Crippen LogP contribution in [-0.4, -0.2) is 42.2 Å². The standard InChI is InChI=1S/C22H24N4O5S2/c1-14(27)23-16-3-5-17(6-4-16)24-21(28)15-9-11-26(12-10-15)33(30,31)18-7-8-19-20(13-18)32-22(29)25(19)2/h3-8,13,15H,9-12H2,1-2H3,(H,23,27)(H,24,28). The molecule has 2 N–H and O–H groups in total. The molecule has 0 spiro atoms. The van der Waals surface area contributed by atoms with Gasteiger partial charge in [0, 0.05) is 44.4 Å². The number of thiazole rings is 1. The molecule has 0 atom stereocenters. The highest BCUT2D eigenvalue weighted by molar-refractivity contribution is 7.89. The number of piperidine rings is 1. The summed E-state index contributed by atoms with van der Waals surface area (Å²) in [6, 6.07) is 11.5. The Morgan fingerprint density at radius 3 is 2.21 bits per heavy atom. The molecule has 1 aromatic heterocycles. The number of anilines is 2. The highest BCUT2D eigenvalue weighted by atomic mass is 32.2. The Bertz CT molecular complexity index is 1370. The lowest BCUT2D eigenvalue weighted by Crippen LogP contribution is -2.41. The molecule has 9 nitrogen and oxygen atoms in total. The van der Waals surface area contributed by atoms with E-state index in [1.54, 1.807) is 43.4 Å². The zero-order chi connectivity index (χ0) is 23.8. The fourth-order valence-electron chi connectivity index (χ4n) is 3.87. The molecule has 174 valence electrons. The van der Waals surface area contributed by atoms with Crippen molar-refractivity contribution in [3.05, 3.63) is 52.1 Å². The largest absolute Gasteiger partial charge is 0.326 e. The van der Waals surface area contributed by atoms with E-state index >= 15 is 0 Å². The number of carbonyl (C=O) groups excluding carboxylic acids is 2. The number of carbonyl (C=O) groups is 2. The van der Waals surface area contributed by atoms with Gasteiger partial charge in [-0.3, -0.25) is 14.4 Å². The monoisotopic (exact) mass is 488 g/mol. The molecule has 0 aliphatic carbocycles. The first kappa shape index (κ1) is 23.1. The second kappa shape index (κ2) is 9.08. The summed E-state index contributed by atoms with van der Waals surface area (Å²) in [7, 11) is -2.06. The summed E-state index contributed by atoms with van der Waals surface area (Å²) < 4.78 is 29.7. The zero-order valence-electron chi connectivity index (χ0n) is 18.2. The maximum absolute atomic E-state index is 13.1. The van der Waals surface area contributed by atoms with Crippen LogP contribution in [0.25, 0.3) is 10.2 Å². The highest BCUT2D eigenvalue weighted by Crippen LogP contribution is 2.28. The second-order valence-electron chi connectivity index (χ2n) is 7.98. The lowest BCUT2D eigenvalue weighted by molar-refractivity contribution is -0.121. The Balaban J connectivity index is 1.39. The van der Waals surface area contributed by atoms with Crippen molar-refractivity contribution in [2.24, 2.45) is 13.0 Å². The lowest BCUT2D eigenvalue weighted by atomic mass is 9.97. The van der Waals surface area contributed by atoms with Gasteiger partial charge in [0.1, 0.15) is 0 Å². The zero-order valence-corrected chi connectivity index (χ0v) is 19.8. The van der Waals surface area contributed by atoms with Gasteiger partial charge in [-0.05, 0) is 55.3 Å². The summed E-state index contributed by atoms with van der Waals surface area (Å²) >= 11 is 1.02. The van der Waals surface area contributed by atoms with Crippen molar-refractivity contribution in [1.29, 1.82) is 0 Å². The first-order valence-corrected chi connectivity index (χ1v) is 12.7. The van der Waals surface area contributed by atoms with E-state index in [4.69, 9.17) is 0 Å². The second-order valence-corrected chi connectivity index (χ2v) is 10.9. The molecule has 11 heteroatoms. The van der Waals surface area contributed by atoms with Crippen molar-refractivity contribution in [1.82, 2.24) is 8.87 Å². The summed E-state index contributed by atoms with van der Waals surface area (Å²) in [4.78, 5) is 35.6. The maximum Gasteiger partial charge on any atom is 0.307 e. The summed E-state index contributed by atoms with van der Waals surface area (Å²) in [6.45, 7) is 1.90. The van der Waals surface area contributed by atoms with Gasteiger partial charge in [0.2, 0.25) is 21.8 Å². The normalized spacial score (nSPS) is 15.5. The molecule has 4 rings (SSSR count). The van der Waals surface area contributed by atoms with E-state index < -0.39 is 10.0 Å². The molecule has 0 radical (unpaired) electrons. The van der Waals surface area contributed by atoms with Crippen LogP contribution >= 0.6 is 11.3 Å². The molecule has 0 saturated carbocycles. The Morgan fingerprint density at radius 1 is 1.00 bits per heavy atom. The number of amides is 2. The van der Waals surface area contributed by atoms with Crippen molar-refractivity contribution >= 4 is 54.8 Å². The van der Waals surface area contributed by atoms with Crippen LogP contribution in [0.5, 0.6) is 0 Å². The van der Waals surface area contributed by atoms with E-state index in [0.717, 1.165) is 11.3 Å². The molecular weight excluding hydrogens is 464 g/mol. The smallest absolute Gasteiger partial charge is 0.307 e. The fourth-order valence-corrected chi connectivity index (χ4v) is 6.36. The van der Waals surface area contributed by atoms with Gasteiger partial charge in [-0.25, -0.2) is 8.42 Å². The van der Waals surface area contributed by atoms with Gasteiger partial charge in [-0.1, -0.05) is 11.3 Å². The number of hydrogen-bond donors (Lipinski definition) is 2. The summed E-state index contributed by atoms with van der Waals surface area (Å²) in [5.74, 6) is -0.629. The highest BCUT2D eigenvalue weighted by Gasteiger charge is 2.32. The van der Waals surface area contributed by atoms with Gasteiger partial charge < -0.3 is 15.2 Å². The first-order valence-electron chi connectivity index (χ1n) is 10.4. The molecule has 2 aromatic carbocycles. The minimum absolute atomic E-state index is 0.142. The third-order valence-electron chi connectivity index (χ3n) is 5.70. The van der Waals surface area contributed by atoms with E-state index in [1.165, 1.54) is 21.9 Å². The van der Waals surface area contributed by atoms with Crippen LogP contribution in [0.1, 0.15) is 19.8 Å². The van der Waals surface area contributed by atoms with Crippen molar-refractivity contribution in [2.45, 2.75) is 24.7 Å². The molecule has 0 unspecified atom stereocenters. The number of hydrogen-bond acceptors (Lipinski definition) is 6. The van der Waals surface area contributed by atoms with Gasteiger partial charge in [0.05, 0.1) is 15.1 Å². The molecule has 1 aliphatic heterocycles. The first-order chi connectivity index (χ1) is 15.6. The van der Waals surface area contributed by atoms with Gasteiger partial charge in [-0.15, -0.1) is 0 Å². The minimum atomic E-state index is -3.72. The Kier molecular flexibility index (Phi) is 6.37. The molecular formula is C22H24N4O5S2. The summed E-state index contributed by atoms with van der Waals surface area (Å²) in [6.07, 6.45) is 0.825. The van der Waals surface area contributed by atoms with Gasteiger partial charge >= 0.3 is 4.87 Å². The Morgan fingerprint density at radius 2 is 1.61 bits per heavy atom. The number of fused-ring (bicyclic) bond motifs is 1. The van der Waals surface area contributed by atoms with Crippen molar-refractivity contribution in [3.8, 4) is 0 Å². The quantitative estimate of drug-likeness (QED) is 0.572. The predicted octanol–water partition coefficient (Wildman–Crippen LogP) is 2.60. The summed E-state index contributed by atoms with van der Waals surface area (Å²) in [5, 5.41) is 5.52. The van der Waals surface area contributed by atoms with Crippen LogP contribution in [0.15, 0.2) is 52.2 Å². The van der Waals surface area contributed by atoms with Crippen molar-refractivity contribution < 1.29 is 18.0 Å². The molecule has 2 heterocycles. The van der Waals surface area contributed by atoms with Crippen LogP contribution < -0.4 is 15.5 Å². The van der Waals surface area contributed by atoms with E-state index in [0.29, 0.717) is 34.4 Å². The third-order valence-corrected chi connectivity index (χ3v) is 8.59. The van der Waals surface area contributed by atoms with Gasteiger partial charge in [0.25, 0.3) is 0 Å². The fraction of sp³-hybridized carbons (Fsp3) is 0.318. The van der Waals surface area contributed by atoms with Crippen molar-refractivity contribution in [3.63, 3.8) is 0 Å². The molecule has 1 saturated heterocycles. The number of aryl methyl sites for hydroxylation is 1. The number of aromatic nitrogens is 1. The molecule has 3 aromatic rings. The number of benzene rings is 2. The van der Waals surface area contributed by atoms with E-state index in [2.05, 4.69) is 10.6 Å². The molecule has 33 heavy (non-hydrogen) atoms. The number of nitrogens with zero attached hydrogens (tertiary/aromatic N) is 2. The Hall–Kier alpha value is -3.02. The van der Waals surface area contributed by atoms with Crippen LogP contribution in [0.2, 0.25) is 0 Å². The topological polar surface area (TPSA) is 118 Å². The molecule has 0 bridgehead atoms. The van der Waals surface area contributed by atoms with Crippen LogP contribution in [-0.2, 0) is 26.7 Å². The maximum atomic E-state index is 13.1. The van der Waals surface area contributed by atoms with Gasteiger partial charge in [0.15, 0.2) is 0 Å². The molecule has 2 amide bonds. The third kappa shape index (κ3) is 4.85. The average molecular weight is 489 g/mol. The number of nitrogens with one attached hydrogen (secondary N) is 2. The molecule has 1 aliphatic rings. The van der Waals surface area contributed by atoms with Crippen LogP contribution in [0, 0.1) is 5.92 Å². The minimum Gasteiger partial charge on any atom is -0.326 e. The van der Waals surface area contributed by atoms with E-state index in [1.807, 2.05) is 0 Å². The predicted molar refractivity (Wildman–Crippen MR) is 128 cm³/mol. The summed E-state index contributed by atoms with van der Waals surface area (Å²) in [5.41, 5.74) is 1.95.